The summed E-state index contributed by atoms with van der Waals surface area (Å²) in [5.74, 6) is -0.376. The Balaban J connectivity index is 1.78. The van der Waals surface area contributed by atoms with Crippen molar-refractivity contribution in [1.29, 1.82) is 0 Å². The average Bonchev–Trinajstić information content (AvgIpc) is 3.26. The van der Waals surface area contributed by atoms with Crippen molar-refractivity contribution in [2.45, 2.75) is 13.5 Å². The lowest BCUT2D eigenvalue weighted by Crippen LogP contribution is -2.17. The predicted octanol–water partition coefficient (Wildman–Crippen LogP) is 3.23. The molecule has 7 nitrogen and oxygen atoms in total. The zero-order valence-corrected chi connectivity index (χ0v) is 16.3. The number of hydrogen-bond donors (Lipinski definition) is 0. The molecule has 2 aromatic heterocycles. The summed E-state index contributed by atoms with van der Waals surface area (Å²) in [6, 6.07) is 11.1. The molecular formula is C22H18N4O3. The van der Waals surface area contributed by atoms with Gasteiger partial charge in [0.05, 0.1) is 23.7 Å². The van der Waals surface area contributed by atoms with Gasteiger partial charge in [-0.1, -0.05) is 6.07 Å². The summed E-state index contributed by atoms with van der Waals surface area (Å²) in [6.07, 6.45) is 1.80. The summed E-state index contributed by atoms with van der Waals surface area (Å²) < 4.78 is 6.88. The first-order chi connectivity index (χ1) is 14.0. The first-order valence-electron chi connectivity index (χ1n) is 9.23. The van der Waals surface area contributed by atoms with Crippen LogP contribution in [0.15, 0.2) is 42.6 Å². The molecule has 0 atom stereocenters. The van der Waals surface area contributed by atoms with E-state index >= 15 is 0 Å². The standard InChI is InChI=1S/C22H18N4O3/c1-12-10-23-20-19(13-4-6-16-15(8-13)11-25(2)21(16)27)24-17-9-14(22(28)29-3)5-7-18(17)26(12)20/h4-10H,11H2,1-3H3. The van der Waals surface area contributed by atoms with Crippen LogP contribution in [0.4, 0.5) is 0 Å². The number of benzene rings is 2. The van der Waals surface area contributed by atoms with E-state index in [9.17, 15) is 9.59 Å². The fourth-order valence-electron chi connectivity index (χ4n) is 3.93. The van der Waals surface area contributed by atoms with E-state index in [1.807, 2.05) is 35.6 Å². The number of carbonyl (C=O) groups excluding carboxylic acids is 2. The van der Waals surface area contributed by atoms with Gasteiger partial charge in [-0.15, -0.1) is 0 Å². The Labute approximate surface area is 166 Å². The van der Waals surface area contributed by atoms with Crippen LogP contribution in [0.5, 0.6) is 0 Å². The van der Waals surface area contributed by atoms with Gasteiger partial charge in [0.2, 0.25) is 0 Å². The Hall–Kier alpha value is -3.74. The molecule has 0 unspecified atom stereocenters. The van der Waals surface area contributed by atoms with Crippen molar-refractivity contribution in [3.63, 3.8) is 0 Å². The fraction of sp³-hybridized carbons (Fsp3) is 0.182. The van der Waals surface area contributed by atoms with Gasteiger partial charge >= 0.3 is 5.97 Å². The van der Waals surface area contributed by atoms with Crippen LogP contribution in [-0.4, -0.2) is 45.3 Å². The number of nitrogens with zero attached hydrogens (tertiary/aromatic N) is 4. The van der Waals surface area contributed by atoms with E-state index in [1.165, 1.54) is 7.11 Å². The van der Waals surface area contributed by atoms with Crippen LogP contribution in [0.25, 0.3) is 27.9 Å². The fourth-order valence-corrected chi connectivity index (χ4v) is 3.93. The number of methoxy groups -OCH3 is 1. The first kappa shape index (κ1) is 17.4. The lowest BCUT2D eigenvalue weighted by molar-refractivity contribution is 0.0600. The van der Waals surface area contributed by atoms with Gasteiger partial charge in [-0.05, 0) is 42.8 Å². The number of aromatic nitrogens is 3. The normalized spacial score (nSPS) is 13.3. The highest BCUT2D eigenvalue weighted by atomic mass is 16.5. The number of rotatable bonds is 2. The molecule has 1 amide bonds. The van der Waals surface area contributed by atoms with Gasteiger partial charge in [0.1, 0.15) is 5.69 Å². The van der Waals surface area contributed by atoms with Crippen LogP contribution in [0.3, 0.4) is 0 Å². The van der Waals surface area contributed by atoms with Gasteiger partial charge in [0.15, 0.2) is 5.65 Å². The minimum atomic E-state index is -0.406. The van der Waals surface area contributed by atoms with E-state index in [4.69, 9.17) is 9.72 Å². The summed E-state index contributed by atoms with van der Waals surface area (Å²) in [5, 5.41) is 0. The Morgan fingerprint density at radius 1 is 1.17 bits per heavy atom. The SMILES string of the molecule is COC(=O)c1ccc2c(c1)nc(-c1ccc3c(c1)CN(C)C3=O)c1ncc(C)n12. The molecule has 0 fully saturated rings. The number of fused-ring (bicyclic) bond motifs is 4. The van der Waals surface area contributed by atoms with Crippen LogP contribution in [-0.2, 0) is 11.3 Å². The largest absolute Gasteiger partial charge is 0.465 e. The van der Waals surface area contributed by atoms with Gasteiger partial charge < -0.3 is 9.64 Å². The quantitative estimate of drug-likeness (QED) is 0.495. The highest BCUT2D eigenvalue weighted by molar-refractivity contribution is 5.99. The maximum absolute atomic E-state index is 12.2. The highest BCUT2D eigenvalue weighted by Gasteiger charge is 2.25. The highest BCUT2D eigenvalue weighted by Crippen LogP contribution is 2.31. The lowest BCUT2D eigenvalue weighted by atomic mass is 10.0. The Bertz CT molecular complexity index is 1340. The molecule has 144 valence electrons. The molecule has 0 bridgehead atoms. The second-order valence-electron chi connectivity index (χ2n) is 7.25. The van der Waals surface area contributed by atoms with Gasteiger partial charge in [0.25, 0.3) is 5.91 Å². The molecule has 0 saturated heterocycles. The van der Waals surface area contributed by atoms with Crippen LogP contribution >= 0.6 is 0 Å². The van der Waals surface area contributed by atoms with Crippen molar-refractivity contribution < 1.29 is 14.3 Å². The number of imidazole rings is 1. The van der Waals surface area contributed by atoms with E-state index in [2.05, 4.69) is 4.98 Å². The van der Waals surface area contributed by atoms with E-state index in [-0.39, 0.29) is 5.91 Å². The van der Waals surface area contributed by atoms with Crippen molar-refractivity contribution in [3.8, 4) is 11.3 Å². The van der Waals surface area contributed by atoms with Crippen molar-refractivity contribution >= 4 is 28.6 Å². The molecule has 4 aromatic rings. The Morgan fingerprint density at radius 2 is 2.00 bits per heavy atom. The molecule has 2 aromatic carbocycles. The Kier molecular flexibility index (Phi) is 3.67. The summed E-state index contributed by atoms with van der Waals surface area (Å²) in [7, 11) is 3.15. The minimum Gasteiger partial charge on any atom is -0.465 e. The Morgan fingerprint density at radius 3 is 2.79 bits per heavy atom. The minimum absolute atomic E-state index is 0.0301. The molecule has 1 aliphatic rings. The number of hydrogen-bond acceptors (Lipinski definition) is 5. The molecule has 0 radical (unpaired) electrons. The monoisotopic (exact) mass is 386 g/mol. The van der Waals surface area contributed by atoms with E-state index in [1.54, 1.807) is 30.3 Å². The summed E-state index contributed by atoms with van der Waals surface area (Å²) in [4.78, 5) is 35.3. The molecule has 0 spiro atoms. The predicted molar refractivity (Wildman–Crippen MR) is 108 cm³/mol. The van der Waals surface area contributed by atoms with Crippen molar-refractivity contribution in [3.05, 3.63) is 65.0 Å². The third kappa shape index (κ3) is 2.51. The third-order valence-corrected chi connectivity index (χ3v) is 5.38. The smallest absolute Gasteiger partial charge is 0.337 e. The van der Waals surface area contributed by atoms with Gasteiger partial charge in [0, 0.05) is 36.6 Å². The van der Waals surface area contributed by atoms with Gasteiger partial charge in [-0.3, -0.25) is 9.20 Å². The summed E-state index contributed by atoms with van der Waals surface area (Å²) >= 11 is 0. The molecule has 0 saturated carbocycles. The van der Waals surface area contributed by atoms with Crippen LogP contribution in [0.1, 0.15) is 32.0 Å². The summed E-state index contributed by atoms with van der Waals surface area (Å²) in [5.41, 5.74) is 6.96. The third-order valence-electron chi connectivity index (χ3n) is 5.38. The van der Waals surface area contributed by atoms with Crippen LogP contribution < -0.4 is 0 Å². The van der Waals surface area contributed by atoms with E-state index in [0.29, 0.717) is 23.3 Å². The van der Waals surface area contributed by atoms with Gasteiger partial charge in [-0.25, -0.2) is 14.8 Å². The van der Waals surface area contributed by atoms with Crippen LogP contribution in [0.2, 0.25) is 0 Å². The zero-order valence-electron chi connectivity index (χ0n) is 16.3. The molecule has 3 heterocycles. The number of ether oxygens (including phenoxy) is 1. The first-order valence-corrected chi connectivity index (χ1v) is 9.23. The van der Waals surface area contributed by atoms with E-state index < -0.39 is 5.97 Å². The molecular weight excluding hydrogens is 368 g/mol. The number of esters is 1. The van der Waals surface area contributed by atoms with Gasteiger partial charge in [-0.2, -0.15) is 0 Å². The maximum atomic E-state index is 12.2. The topological polar surface area (TPSA) is 76.8 Å². The molecule has 5 rings (SSSR count). The second-order valence-corrected chi connectivity index (χ2v) is 7.25. The van der Waals surface area contributed by atoms with Crippen molar-refractivity contribution in [1.82, 2.24) is 19.3 Å². The molecule has 7 heteroatoms. The number of amides is 1. The summed E-state index contributed by atoms with van der Waals surface area (Å²) in [6.45, 7) is 2.56. The molecule has 1 aliphatic heterocycles. The second kappa shape index (κ2) is 6.13. The average molecular weight is 386 g/mol. The lowest BCUT2D eigenvalue weighted by Gasteiger charge is -2.10. The molecule has 0 N–H and O–H groups in total. The van der Waals surface area contributed by atoms with Crippen molar-refractivity contribution in [2.24, 2.45) is 0 Å². The zero-order chi connectivity index (χ0) is 20.3. The molecule has 0 aliphatic carbocycles. The number of aryl methyl sites for hydroxylation is 1. The molecule has 29 heavy (non-hydrogen) atoms. The maximum Gasteiger partial charge on any atom is 0.337 e. The van der Waals surface area contributed by atoms with Crippen molar-refractivity contribution in [2.75, 3.05) is 14.2 Å². The van der Waals surface area contributed by atoms with E-state index in [0.717, 1.165) is 33.5 Å². The number of carbonyl (C=O) groups is 2. The van der Waals surface area contributed by atoms with Crippen LogP contribution in [0, 0.1) is 6.92 Å².